The molecule has 1 heterocycles. The number of methoxy groups -OCH3 is 1. The first-order valence-electron chi connectivity index (χ1n) is 5.62. The minimum absolute atomic E-state index is 0.00572. The van der Waals surface area contributed by atoms with E-state index in [1.54, 1.807) is 19.4 Å². The molecule has 1 aromatic rings. The minimum Gasteiger partial charge on any atom is -0.381 e. The van der Waals surface area contributed by atoms with Crippen molar-refractivity contribution in [2.75, 3.05) is 7.11 Å². The molecule has 1 amide bonds. The first-order chi connectivity index (χ1) is 7.95. The van der Waals surface area contributed by atoms with Crippen molar-refractivity contribution >= 4 is 21.8 Å². The summed E-state index contributed by atoms with van der Waals surface area (Å²) in [7, 11) is 1.71. The minimum atomic E-state index is -0.0664. The third-order valence-electron chi connectivity index (χ3n) is 3.66. The number of aromatic amines is 1. The van der Waals surface area contributed by atoms with Crippen molar-refractivity contribution < 1.29 is 9.53 Å². The van der Waals surface area contributed by atoms with Gasteiger partial charge < -0.3 is 15.0 Å². The maximum Gasteiger partial charge on any atom is 0.267 e. The third kappa shape index (κ3) is 2.26. The number of hydrogen-bond donors (Lipinski definition) is 2. The van der Waals surface area contributed by atoms with E-state index in [0.29, 0.717) is 5.69 Å². The molecule has 1 aromatic heterocycles. The van der Waals surface area contributed by atoms with Crippen LogP contribution in [-0.4, -0.2) is 30.1 Å². The lowest BCUT2D eigenvalue weighted by atomic mass is 9.64. The second-order valence-corrected chi connectivity index (χ2v) is 5.95. The normalized spacial score (nSPS) is 26.4. The average molecular weight is 301 g/mol. The van der Waals surface area contributed by atoms with E-state index in [-0.39, 0.29) is 23.5 Å². The molecule has 2 rings (SSSR count). The highest BCUT2D eigenvalue weighted by Gasteiger charge is 2.49. The van der Waals surface area contributed by atoms with Gasteiger partial charge in [-0.05, 0) is 28.4 Å². The molecule has 1 fully saturated rings. The molecule has 2 N–H and O–H groups in total. The van der Waals surface area contributed by atoms with Gasteiger partial charge in [0.05, 0.1) is 6.10 Å². The second kappa shape index (κ2) is 4.46. The summed E-state index contributed by atoms with van der Waals surface area (Å²) in [5, 5.41) is 3.03. The van der Waals surface area contributed by atoms with E-state index in [9.17, 15) is 4.79 Å². The number of aromatic nitrogens is 1. The Morgan fingerprint density at radius 2 is 2.35 bits per heavy atom. The summed E-state index contributed by atoms with van der Waals surface area (Å²) in [6.45, 7) is 4.22. The van der Waals surface area contributed by atoms with Gasteiger partial charge in [-0.25, -0.2) is 0 Å². The SMILES string of the molecule is COC1CC(NC(=O)c2cc(Br)c[nH]2)C1(C)C. The Bertz CT molecular complexity index is 428. The molecule has 0 saturated heterocycles. The molecule has 94 valence electrons. The van der Waals surface area contributed by atoms with Gasteiger partial charge in [0.15, 0.2) is 0 Å². The number of rotatable bonds is 3. The number of ether oxygens (including phenoxy) is 1. The Kier molecular flexibility index (Phi) is 3.32. The molecule has 5 heteroatoms. The maximum atomic E-state index is 11.9. The molecular weight excluding hydrogens is 284 g/mol. The van der Waals surface area contributed by atoms with E-state index in [4.69, 9.17) is 4.74 Å². The topological polar surface area (TPSA) is 54.1 Å². The summed E-state index contributed by atoms with van der Waals surface area (Å²) < 4.78 is 6.24. The summed E-state index contributed by atoms with van der Waals surface area (Å²) in [4.78, 5) is 14.9. The molecule has 2 unspecified atom stereocenters. The number of carbonyl (C=O) groups excluding carboxylic acids is 1. The van der Waals surface area contributed by atoms with E-state index < -0.39 is 0 Å². The Labute approximate surface area is 109 Å². The Balaban J connectivity index is 1.97. The van der Waals surface area contributed by atoms with Crippen LogP contribution in [0.3, 0.4) is 0 Å². The molecule has 1 saturated carbocycles. The van der Waals surface area contributed by atoms with Crippen molar-refractivity contribution in [1.29, 1.82) is 0 Å². The molecule has 2 atom stereocenters. The molecule has 1 aliphatic rings. The van der Waals surface area contributed by atoms with Crippen LogP contribution in [0.5, 0.6) is 0 Å². The van der Waals surface area contributed by atoms with Crippen LogP contribution in [0.2, 0.25) is 0 Å². The summed E-state index contributed by atoms with van der Waals surface area (Å²) >= 11 is 3.31. The lowest BCUT2D eigenvalue weighted by Gasteiger charge is -2.51. The number of amides is 1. The van der Waals surface area contributed by atoms with E-state index in [1.165, 1.54) is 0 Å². The van der Waals surface area contributed by atoms with Gasteiger partial charge in [0, 0.05) is 29.2 Å². The van der Waals surface area contributed by atoms with Gasteiger partial charge in [-0.2, -0.15) is 0 Å². The summed E-state index contributed by atoms with van der Waals surface area (Å²) in [5.74, 6) is -0.0664. The fourth-order valence-corrected chi connectivity index (χ4v) is 2.61. The van der Waals surface area contributed by atoms with Crippen molar-refractivity contribution in [3.8, 4) is 0 Å². The Morgan fingerprint density at radius 3 is 2.82 bits per heavy atom. The van der Waals surface area contributed by atoms with Crippen LogP contribution < -0.4 is 5.32 Å². The Hall–Kier alpha value is -0.810. The number of nitrogens with one attached hydrogen (secondary N) is 2. The van der Waals surface area contributed by atoms with Crippen LogP contribution in [0, 0.1) is 5.41 Å². The molecule has 0 radical (unpaired) electrons. The van der Waals surface area contributed by atoms with Gasteiger partial charge in [-0.1, -0.05) is 13.8 Å². The highest BCUT2D eigenvalue weighted by molar-refractivity contribution is 9.10. The zero-order valence-corrected chi connectivity index (χ0v) is 11.8. The van der Waals surface area contributed by atoms with Crippen LogP contribution in [0.25, 0.3) is 0 Å². The lowest BCUT2D eigenvalue weighted by molar-refractivity contribution is -0.0942. The van der Waals surface area contributed by atoms with Gasteiger partial charge in [0.1, 0.15) is 5.69 Å². The highest BCUT2D eigenvalue weighted by atomic mass is 79.9. The third-order valence-corrected chi connectivity index (χ3v) is 4.12. The fourth-order valence-electron chi connectivity index (χ4n) is 2.27. The highest BCUT2D eigenvalue weighted by Crippen LogP contribution is 2.42. The van der Waals surface area contributed by atoms with Gasteiger partial charge in [-0.15, -0.1) is 0 Å². The zero-order valence-electron chi connectivity index (χ0n) is 10.2. The average Bonchev–Trinajstić information content (AvgIpc) is 2.70. The van der Waals surface area contributed by atoms with Crippen molar-refractivity contribution in [2.24, 2.45) is 5.41 Å². The lowest BCUT2D eigenvalue weighted by Crippen LogP contribution is -2.61. The molecule has 1 aliphatic carbocycles. The van der Waals surface area contributed by atoms with Crippen molar-refractivity contribution in [1.82, 2.24) is 10.3 Å². The van der Waals surface area contributed by atoms with E-state index in [0.717, 1.165) is 10.9 Å². The fraction of sp³-hybridized carbons (Fsp3) is 0.583. The van der Waals surface area contributed by atoms with Gasteiger partial charge in [0.2, 0.25) is 0 Å². The molecule has 0 bridgehead atoms. The van der Waals surface area contributed by atoms with E-state index in [2.05, 4.69) is 40.1 Å². The smallest absolute Gasteiger partial charge is 0.267 e. The molecule has 0 spiro atoms. The summed E-state index contributed by atoms with van der Waals surface area (Å²) in [5.41, 5.74) is 0.572. The van der Waals surface area contributed by atoms with Gasteiger partial charge in [-0.3, -0.25) is 4.79 Å². The molecule has 4 nitrogen and oxygen atoms in total. The van der Waals surface area contributed by atoms with Crippen molar-refractivity contribution in [3.05, 3.63) is 22.4 Å². The second-order valence-electron chi connectivity index (χ2n) is 5.04. The van der Waals surface area contributed by atoms with E-state index >= 15 is 0 Å². The first kappa shape index (κ1) is 12.6. The molecular formula is C12H17BrN2O2. The number of H-pyrrole nitrogens is 1. The van der Waals surface area contributed by atoms with Crippen LogP contribution in [0.4, 0.5) is 0 Å². The molecule has 0 aliphatic heterocycles. The van der Waals surface area contributed by atoms with E-state index in [1.807, 2.05) is 0 Å². The quantitative estimate of drug-likeness (QED) is 0.900. The standard InChI is InChI=1S/C12H17BrN2O2/c1-12(2)9(5-10(12)17-3)15-11(16)8-4-7(13)6-14-8/h4,6,9-10,14H,5H2,1-3H3,(H,15,16). The van der Waals surface area contributed by atoms with Crippen LogP contribution in [0.1, 0.15) is 30.8 Å². The zero-order chi connectivity index (χ0) is 12.6. The maximum absolute atomic E-state index is 11.9. The first-order valence-corrected chi connectivity index (χ1v) is 6.42. The monoisotopic (exact) mass is 300 g/mol. The number of hydrogen-bond acceptors (Lipinski definition) is 2. The summed E-state index contributed by atoms with van der Waals surface area (Å²) in [6.07, 6.45) is 2.85. The van der Waals surface area contributed by atoms with Gasteiger partial charge in [0.25, 0.3) is 5.91 Å². The molecule has 17 heavy (non-hydrogen) atoms. The number of halogens is 1. The predicted molar refractivity (Wildman–Crippen MR) is 68.9 cm³/mol. The Morgan fingerprint density at radius 1 is 1.65 bits per heavy atom. The summed E-state index contributed by atoms with van der Waals surface area (Å²) in [6, 6.07) is 1.94. The van der Waals surface area contributed by atoms with Gasteiger partial charge >= 0.3 is 0 Å². The largest absolute Gasteiger partial charge is 0.381 e. The van der Waals surface area contributed by atoms with Crippen molar-refractivity contribution in [3.63, 3.8) is 0 Å². The van der Waals surface area contributed by atoms with Crippen LogP contribution >= 0.6 is 15.9 Å². The predicted octanol–water partition coefficient (Wildman–Crippen LogP) is 2.32. The van der Waals surface area contributed by atoms with Crippen LogP contribution in [-0.2, 0) is 4.74 Å². The number of carbonyl (C=O) groups is 1. The van der Waals surface area contributed by atoms with Crippen molar-refractivity contribution in [2.45, 2.75) is 32.4 Å². The molecule has 0 aromatic carbocycles. The van der Waals surface area contributed by atoms with Crippen LogP contribution in [0.15, 0.2) is 16.7 Å².